The third-order valence-corrected chi connectivity index (χ3v) is 3.66. The van der Waals surface area contributed by atoms with E-state index in [1.807, 2.05) is 6.07 Å². The fraction of sp³-hybridized carbons (Fsp3) is 0.500. The van der Waals surface area contributed by atoms with E-state index in [4.69, 9.17) is 4.74 Å². The van der Waals surface area contributed by atoms with E-state index >= 15 is 0 Å². The van der Waals surface area contributed by atoms with Gasteiger partial charge in [-0.05, 0) is 12.0 Å². The molecule has 2 fully saturated rings. The second-order valence-corrected chi connectivity index (χ2v) is 4.93. The third-order valence-electron chi connectivity index (χ3n) is 3.66. The smallest absolute Gasteiger partial charge is 0.167 e. The Labute approximate surface area is 101 Å². The number of hydrogen-bond acceptors (Lipinski definition) is 3. The summed E-state index contributed by atoms with van der Waals surface area (Å²) in [6.07, 6.45) is 0.715. The Balaban J connectivity index is 1.68. The van der Waals surface area contributed by atoms with Crippen LogP contribution in [-0.2, 0) is 16.1 Å². The summed E-state index contributed by atoms with van der Waals surface area (Å²) in [6, 6.07) is 10.4. The summed E-state index contributed by atoms with van der Waals surface area (Å²) in [7, 11) is 0. The van der Waals surface area contributed by atoms with Gasteiger partial charge in [0.2, 0.25) is 0 Å². The molecule has 1 aromatic rings. The summed E-state index contributed by atoms with van der Waals surface area (Å²) in [6.45, 7) is 3.32. The lowest BCUT2D eigenvalue weighted by molar-refractivity contribution is -0.150. The van der Waals surface area contributed by atoms with E-state index in [0.29, 0.717) is 5.78 Å². The van der Waals surface area contributed by atoms with Gasteiger partial charge in [0.25, 0.3) is 0 Å². The number of fused-ring (bicyclic) bond motifs is 2. The molecule has 0 radical (unpaired) electrons. The lowest BCUT2D eigenvalue weighted by atomic mass is 9.89. The largest absolute Gasteiger partial charge is 0.369 e. The molecule has 2 atom stereocenters. The molecule has 0 amide bonds. The van der Waals surface area contributed by atoms with Gasteiger partial charge in [-0.1, -0.05) is 30.3 Å². The molecule has 3 rings (SSSR count). The van der Waals surface area contributed by atoms with Crippen molar-refractivity contribution >= 4 is 5.78 Å². The number of benzene rings is 1. The normalized spacial score (nSPS) is 29.3. The summed E-state index contributed by atoms with van der Waals surface area (Å²) in [5, 5.41) is 0. The van der Waals surface area contributed by atoms with E-state index in [2.05, 4.69) is 29.2 Å². The van der Waals surface area contributed by atoms with Crippen LogP contribution in [0.1, 0.15) is 12.0 Å². The zero-order valence-corrected chi connectivity index (χ0v) is 9.84. The minimum Gasteiger partial charge on any atom is -0.369 e. The molecule has 2 unspecified atom stereocenters. The van der Waals surface area contributed by atoms with E-state index in [0.717, 1.165) is 32.7 Å². The molecule has 1 aromatic carbocycles. The lowest BCUT2D eigenvalue weighted by Crippen LogP contribution is -2.53. The van der Waals surface area contributed by atoms with Crippen LogP contribution in [0, 0.1) is 5.92 Å². The summed E-state index contributed by atoms with van der Waals surface area (Å²) in [5.41, 5.74) is 1.31. The highest BCUT2D eigenvalue weighted by Crippen LogP contribution is 2.24. The molecule has 2 aliphatic rings. The molecule has 17 heavy (non-hydrogen) atoms. The number of hydrogen-bond donors (Lipinski definition) is 0. The quantitative estimate of drug-likeness (QED) is 0.772. The first-order chi connectivity index (χ1) is 8.33. The van der Waals surface area contributed by atoms with Gasteiger partial charge in [-0.25, -0.2) is 0 Å². The highest BCUT2D eigenvalue weighted by atomic mass is 16.5. The number of piperidine rings is 1. The average Bonchev–Trinajstić information content (AvgIpc) is 2.32. The summed E-state index contributed by atoms with van der Waals surface area (Å²) in [4.78, 5) is 14.2. The maximum Gasteiger partial charge on any atom is 0.167 e. The van der Waals surface area contributed by atoms with Gasteiger partial charge in [-0.2, -0.15) is 0 Å². The molecule has 3 heteroatoms. The molecule has 0 aromatic heterocycles. The maximum atomic E-state index is 11.9. The van der Waals surface area contributed by atoms with Crippen LogP contribution in [0.2, 0.25) is 0 Å². The summed E-state index contributed by atoms with van der Waals surface area (Å²) in [5.74, 6) is 0.520. The lowest BCUT2D eigenvalue weighted by Gasteiger charge is -2.39. The second kappa shape index (κ2) is 4.59. The summed E-state index contributed by atoms with van der Waals surface area (Å²) < 4.78 is 5.54. The molecule has 0 spiro atoms. The predicted molar refractivity (Wildman–Crippen MR) is 64.6 cm³/mol. The van der Waals surface area contributed by atoms with Crippen molar-refractivity contribution in [3.63, 3.8) is 0 Å². The van der Waals surface area contributed by atoms with Gasteiger partial charge in [0, 0.05) is 32.2 Å². The highest BCUT2D eigenvalue weighted by Gasteiger charge is 2.38. The number of carbonyl (C=O) groups is 1. The van der Waals surface area contributed by atoms with Crippen LogP contribution in [0.5, 0.6) is 0 Å². The predicted octanol–water partition coefficient (Wildman–Crippen LogP) is 1.48. The molecular weight excluding hydrogens is 214 g/mol. The fourth-order valence-electron chi connectivity index (χ4n) is 2.76. The topological polar surface area (TPSA) is 29.5 Å². The molecule has 2 bridgehead atoms. The van der Waals surface area contributed by atoms with Crippen molar-refractivity contribution in [1.29, 1.82) is 0 Å². The Hall–Kier alpha value is -1.19. The number of rotatable bonds is 2. The van der Waals surface area contributed by atoms with Crippen LogP contribution in [0.25, 0.3) is 0 Å². The van der Waals surface area contributed by atoms with E-state index in [-0.39, 0.29) is 12.0 Å². The molecule has 90 valence electrons. The van der Waals surface area contributed by atoms with E-state index in [1.165, 1.54) is 5.56 Å². The van der Waals surface area contributed by atoms with Gasteiger partial charge in [0.15, 0.2) is 5.78 Å². The van der Waals surface area contributed by atoms with Crippen LogP contribution in [0.3, 0.4) is 0 Å². The average molecular weight is 231 g/mol. The number of Topliss-reactive ketones (excluding diaryl/α,β-unsaturated/α-hetero) is 1. The van der Waals surface area contributed by atoms with Gasteiger partial charge >= 0.3 is 0 Å². The molecule has 0 saturated carbocycles. The van der Waals surface area contributed by atoms with Crippen molar-refractivity contribution in [2.45, 2.75) is 19.1 Å². The third kappa shape index (κ3) is 2.26. The number of ketones is 1. The zero-order chi connectivity index (χ0) is 11.7. The monoisotopic (exact) mass is 231 g/mol. The molecule has 0 N–H and O–H groups in total. The Bertz CT molecular complexity index is 388. The van der Waals surface area contributed by atoms with Crippen LogP contribution in [-0.4, -0.2) is 36.5 Å². The van der Waals surface area contributed by atoms with Crippen molar-refractivity contribution < 1.29 is 9.53 Å². The minimum atomic E-state index is -0.175. The van der Waals surface area contributed by atoms with Crippen LogP contribution in [0.15, 0.2) is 30.3 Å². The fourth-order valence-corrected chi connectivity index (χ4v) is 2.76. The Morgan fingerprint density at radius 1 is 1.24 bits per heavy atom. The zero-order valence-electron chi connectivity index (χ0n) is 9.84. The number of nitrogens with zero attached hydrogens (tertiary/aromatic N) is 1. The summed E-state index contributed by atoms with van der Waals surface area (Å²) >= 11 is 0. The molecule has 0 aliphatic carbocycles. The highest BCUT2D eigenvalue weighted by molar-refractivity contribution is 5.87. The molecular formula is C14H17NO2. The van der Waals surface area contributed by atoms with Gasteiger partial charge in [0.05, 0.1) is 0 Å². The van der Waals surface area contributed by atoms with Crippen LogP contribution >= 0.6 is 0 Å². The first kappa shape index (κ1) is 10.9. The van der Waals surface area contributed by atoms with E-state index < -0.39 is 0 Å². The molecule has 3 nitrogen and oxygen atoms in total. The maximum absolute atomic E-state index is 11.9. The Morgan fingerprint density at radius 2 is 2.06 bits per heavy atom. The Kier molecular flexibility index (Phi) is 2.95. The number of ether oxygens (including phenoxy) is 1. The van der Waals surface area contributed by atoms with Gasteiger partial charge < -0.3 is 4.74 Å². The molecule has 2 saturated heterocycles. The van der Waals surface area contributed by atoms with E-state index in [1.54, 1.807) is 0 Å². The van der Waals surface area contributed by atoms with Crippen molar-refractivity contribution in [3.8, 4) is 0 Å². The standard InChI is InChI=1S/C14H17NO2/c16-14-12-6-7-17-13(14)10-15(9-12)8-11-4-2-1-3-5-11/h1-5,12-13H,6-10H2. The SMILES string of the molecule is O=C1C2CCOC1CN(Cc1ccccc1)C2. The number of carbonyl (C=O) groups excluding carboxylic acids is 1. The van der Waals surface area contributed by atoms with Crippen molar-refractivity contribution in [3.05, 3.63) is 35.9 Å². The minimum absolute atomic E-state index is 0.175. The Morgan fingerprint density at radius 3 is 2.82 bits per heavy atom. The van der Waals surface area contributed by atoms with Crippen LogP contribution in [0.4, 0.5) is 0 Å². The van der Waals surface area contributed by atoms with Crippen molar-refractivity contribution in [1.82, 2.24) is 4.90 Å². The van der Waals surface area contributed by atoms with Crippen LogP contribution < -0.4 is 0 Å². The van der Waals surface area contributed by atoms with Gasteiger partial charge in [-0.15, -0.1) is 0 Å². The molecule has 2 aliphatic heterocycles. The van der Waals surface area contributed by atoms with Crippen molar-refractivity contribution in [2.75, 3.05) is 19.7 Å². The first-order valence-electron chi connectivity index (χ1n) is 6.24. The van der Waals surface area contributed by atoms with Gasteiger partial charge in [-0.3, -0.25) is 9.69 Å². The van der Waals surface area contributed by atoms with E-state index in [9.17, 15) is 4.79 Å². The first-order valence-corrected chi connectivity index (χ1v) is 6.24. The van der Waals surface area contributed by atoms with Crippen molar-refractivity contribution in [2.24, 2.45) is 5.92 Å². The second-order valence-electron chi connectivity index (χ2n) is 4.93. The van der Waals surface area contributed by atoms with Gasteiger partial charge in [0.1, 0.15) is 6.10 Å². The molecule has 2 heterocycles. The number of likely N-dealkylation sites (tertiary alicyclic amines) is 1.